The van der Waals surface area contributed by atoms with Gasteiger partial charge in [-0.05, 0) is 49.1 Å². The highest BCUT2D eigenvalue weighted by atomic mass is 35.5. The molecule has 6 heteroatoms. The summed E-state index contributed by atoms with van der Waals surface area (Å²) in [7, 11) is 0. The monoisotopic (exact) mass is 356 g/mol. The highest BCUT2D eigenvalue weighted by molar-refractivity contribution is 6.31. The van der Waals surface area contributed by atoms with Crippen LogP contribution in [0.3, 0.4) is 0 Å². The molecule has 1 N–H and O–H groups in total. The van der Waals surface area contributed by atoms with E-state index in [0.717, 1.165) is 5.56 Å². The molecular weight excluding hydrogens is 339 g/mol. The Kier molecular flexibility index (Phi) is 3.96. The van der Waals surface area contributed by atoms with Crippen molar-refractivity contribution >= 4 is 17.5 Å². The van der Waals surface area contributed by atoms with Crippen molar-refractivity contribution in [3.63, 3.8) is 0 Å². The van der Waals surface area contributed by atoms with Gasteiger partial charge < -0.3 is 5.32 Å². The number of rotatable bonds is 2. The molecule has 0 radical (unpaired) electrons. The molecule has 0 saturated carbocycles. The molecule has 1 aliphatic rings. The van der Waals surface area contributed by atoms with E-state index in [1.54, 1.807) is 16.8 Å². The van der Waals surface area contributed by atoms with Crippen LogP contribution in [0.5, 0.6) is 0 Å². The number of anilines is 1. The summed E-state index contributed by atoms with van der Waals surface area (Å²) in [6.45, 7) is 4.18. The molecule has 25 heavy (non-hydrogen) atoms. The molecule has 0 bridgehead atoms. The van der Waals surface area contributed by atoms with Crippen molar-refractivity contribution in [3.05, 3.63) is 75.8 Å². The minimum absolute atomic E-state index is 0.0108. The Morgan fingerprint density at radius 3 is 2.80 bits per heavy atom. The number of benzene rings is 2. The van der Waals surface area contributed by atoms with E-state index in [4.69, 9.17) is 11.6 Å². The first kappa shape index (κ1) is 16.1. The third-order valence-corrected chi connectivity index (χ3v) is 5.23. The van der Waals surface area contributed by atoms with Gasteiger partial charge in [0.1, 0.15) is 12.1 Å². The zero-order valence-electron chi connectivity index (χ0n) is 14.0. The van der Waals surface area contributed by atoms with Crippen LogP contribution in [-0.2, 0) is 0 Å². The van der Waals surface area contributed by atoms with Crippen molar-refractivity contribution < 1.29 is 4.39 Å². The van der Waals surface area contributed by atoms with Gasteiger partial charge in [0.15, 0.2) is 0 Å². The van der Waals surface area contributed by atoms with Crippen LogP contribution in [0, 0.1) is 19.7 Å². The Hall–Kier alpha value is -2.40. The summed E-state index contributed by atoms with van der Waals surface area (Å²) >= 11 is 6.31. The van der Waals surface area contributed by atoms with Crippen LogP contribution in [0.25, 0.3) is 0 Å². The van der Waals surface area contributed by atoms with Gasteiger partial charge in [-0.25, -0.2) is 9.07 Å². The Bertz CT molecular complexity index is 917. The number of halogens is 2. The molecule has 0 amide bonds. The molecule has 0 fully saturated rings. The van der Waals surface area contributed by atoms with E-state index in [0.29, 0.717) is 23.0 Å². The van der Waals surface area contributed by atoms with E-state index in [1.165, 1.54) is 23.5 Å². The second kappa shape index (κ2) is 6.15. The van der Waals surface area contributed by atoms with Crippen LogP contribution in [0.1, 0.15) is 40.8 Å². The maximum absolute atomic E-state index is 14.5. The summed E-state index contributed by atoms with van der Waals surface area (Å²) in [6.07, 6.45) is 2.12. The van der Waals surface area contributed by atoms with Gasteiger partial charge in [-0.3, -0.25) is 0 Å². The first-order valence-electron chi connectivity index (χ1n) is 8.21. The normalized spacial score (nSPS) is 19.4. The highest BCUT2D eigenvalue weighted by Gasteiger charge is 2.32. The zero-order chi connectivity index (χ0) is 17.6. The van der Waals surface area contributed by atoms with Crippen molar-refractivity contribution in [2.24, 2.45) is 0 Å². The van der Waals surface area contributed by atoms with Gasteiger partial charge in [0.2, 0.25) is 5.95 Å². The molecule has 0 aliphatic carbocycles. The molecule has 4 rings (SSSR count). The summed E-state index contributed by atoms with van der Waals surface area (Å²) in [6, 6.07) is 10.8. The summed E-state index contributed by atoms with van der Waals surface area (Å²) < 4.78 is 16.2. The average Bonchev–Trinajstić information content (AvgIpc) is 3.05. The Morgan fingerprint density at radius 2 is 2.04 bits per heavy atom. The first-order chi connectivity index (χ1) is 12.0. The van der Waals surface area contributed by atoms with Crippen LogP contribution in [0.4, 0.5) is 10.3 Å². The first-order valence-corrected chi connectivity index (χ1v) is 8.59. The van der Waals surface area contributed by atoms with Gasteiger partial charge in [-0.15, -0.1) is 0 Å². The Balaban J connectivity index is 1.79. The van der Waals surface area contributed by atoms with E-state index >= 15 is 0 Å². The van der Waals surface area contributed by atoms with Crippen molar-refractivity contribution in [1.82, 2.24) is 14.8 Å². The molecular formula is C19H18ClFN4. The predicted molar refractivity (Wildman–Crippen MR) is 96.5 cm³/mol. The second-order valence-electron chi connectivity index (χ2n) is 6.46. The van der Waals surface area contributed by atoms with Crippen molar-refractivity contribution in [1.29, 1.82) is 0 Å². The molecule has 4 nitrogen and oxygen atoms in total. The van der Waals surface area contributed by atoms with Crippen LogP contribution in [0.15, 0.2) is 42.7 Å². The predicted octanol–water partition coefficient (Wildman–Crippen LogP) is 4.83. The summed E-state index contributed by atoms with van der Waals surface area (Å²) in [5.74, 6) is 0.304. The lowest BCUT2D eigenvalue weighted by Crippen LogP contribution is -2.28. The Labute approximate surface area is 150 Å². The number of fused-ring (bicyclic) bond motifs is 1. The van der Waals surface area contributed by atoms with Crippen molar-refractivity contribution in [3.8, 4) is 0 Å². The van der Waals surface area contributed by atoms with Gasteiger partial charge in [0.05, 0.1) is 12.1 Å². The van der Waals surface area contributed by atoms with Crippen LogP contribution < -0.4 is 5.32 Å². The highest BCUT2D eigenvalue weighted by Crippen LogP contribution is 2.40. The third kappa shape index (κ3) is 2.78. The van der Waals surface area contributed by atoms with E-state index in [1.807, 2.05) is 0 Å². The van der Waals surface area contributed by atoms with Gasteiger partial charge in [0.25, 0.3) is 0 Å². The molecule has 0 unspecified atom stereocenters. The molecule has 3 aromatic rings. The van der Waals surface area contributed by atoms with Crippen LogP contribution in [0.2, 0.25) is 5.02 Å². The molecule has 1 aliphatic heterocycles. The molecule has 1 aromatic heterocycles. The number of nitrogens with one attached hydrogen (secondary N) is 1. The number of aromatic nitrogens is 3. The molecule has 2 heterocycles. The number of hydrogen-bond donors (Lipinski definition) is 1. The molecule has 0 spiro atoms. The molecule has 0 saturated heterocycles. The number of hydrogen-bond acceptors (Lipinski definition) is 3. The second-order valence-corrected chi connectivity index (χ2v) is 6.86. The quantitative estimate of drug-likeness (QED) is 0.714. The van der Waals surface area contributed by atoms with E-state index in [2.05, 4.69) is 47.4 Å². The molecule has 128 valence electrons. The van der Waals surface area contributed by atoms with Crippen LogP contribution in [-0.4, -0.2) is 14.8 Å². The average molecular weight is 357 g/mol. The van der Waals surface area contributed by atoms with Crippen LogP contribution >= 0.6 is 11.6 Å². The molecule has 2 atom stereocenters. The standard InChI is InChI=1S/C19H18ClFN4/c1-11-6-7-13(8-12(11)2)16-9-17(25-19(24-16)22-10-23-25)18-14(20)4-3-5-15(18)21/h3-8,10,16-17H,9H2,1-2H3,(H,22,23,24)/t16-,17+/m0/s1. The maximum Gasteiger partial charge on any atom is 0.222 e. The largest absolute Gasteiger partial charge is 0.348 e. The summed E-state index contributed by atoms with van der Waals surface area (Å²) in [5.41, 5.74) is 4.09. The lowest BCUT2D eigenvalue weighted by Gasteiger charge is -2.32. The van der Waals surface area contributed by atoms with E-state index < -0.39 is 0 Å². The fraction of sp³-hybridized carbons (Fsp3) is 0.263. The minimum Gasteiger partial charge on any atom is -0.348 e. The zero-order valence-corrected chi connectivity index (χ0v) is 14.8. The fourth-order valence-corrected chi connectivity index (χ4v) is 3.68. The topological polar surface area (TPSA) is 42.7 Å². The third-order valence-electron chi connectivity index (χ3n) is 4.90. The SMILES string of the molecule is Cc1ccc([C@@H]2C[C@H](c3c(F)cccc3Cl)n3ncnc3N2)cc1C. The fourth-order valence-electron chi connectivity index (χ4n) is 3.39. The maximum atomic E-state index is 14.5. The minimum atomic E-state index is -0.320. The lowest BCUT2D eigenvalue weighted by atomic mass is 9.91. The van der Waals surface area contributed by atoms with E-state index in [9.17, 15) is 4.39 Å². The Morgan fingerprint density at radius 1 is 1.20 bits per heavy atom. The number of nitrogens with zero attached hydrogens (tertiary/aromatic N) is 3. The summed E-state index contributed by atoms with van der Waals surface area (Å²) in [5, 5.41) is 8.09. The lowest BCUT2D eigenvalue weighted by molar-refractivity contribution is 0.416. The van der Waals surface area contributed by atoms with Gasteiger partial charge >= 0.3 is 0 Å². The van der Waals surface area contributed by atoms with Gasteiger partial charge in [-0.2, -0.15) is 10.1 Å². The molecule has 2 aromatic carbocycles. The van der Waals surface area contributed by atoms with Crippen molar-refractivity contribution in [2.75, 3.05) is 5.32 Å². The van der Waals surface area contributed by atoms with E-state index in [-0.39, 0.29) is 17.9 Å². The smallest absolute Gasteiger partial charge is 0.222 e. The van der Waals surface area contributed by atoms with Gasteiger partial charge in [0, 0.05) is 10.6 Å². The number of aryl methyl sites for hydroxylation is 2. The van der Waals surface area contributed by atoms with Crippen molar-refractivity contribution in [2.45, 2.75) is 32.4 Å². The summed E-state index contributed by atoms with van der Waals surface area (Å²) in [4.78, 5) is 4.28. The van der Waals surface area contributed by atoms with Gasteiger partial charge in [-0.1, -0.05) is 35.9 Å².